The van der Waals surface area contributed by atoms with Crippen molar-refractivity contribution in [3.63, 3.8) is 0 Å². The number of anilines is 1. The van der Waals surface area contributed by atoms with E-state index in [0.29, 0.717) is 15.9 Å². The zero-order chi connectivity index (χ0) is 21.2. The Morgan fingerprint density at radius 1 is 0.833 bits per heavy atom. The zero-order valence-corrected chi connectivity index (χ0v) is 18.7. The Morgan fingerprint density at radius 2 is 1.53 bits per heavy atom. The van der Waals surface area contributed by atoms with Crippen LogP contribution in [0.3, 0.4) is 0 Å². The average Bonchev–Trinajstić information content (AvgIpc) is 2.76. The van der Waals surface area contributed by atoms with Crippen molar-refractivity contribution >= 4 is 29.0 Å². The minimum absolute atomic E-state index is 0.640. The van der Waals surface area contributed by atoms with Crippen molar-refractivity contribution < 1.29 is 4.74 Å². The summed E-state index contributed by atoms with van der Waals surface area (Å²) >= 11 is 12.4. The van der Waals surface area contributed by atoms with E-state index in [1.54, 1.807) is 6.33 Å². The first kappa shape index (κ1) is 22.4. The smallest absolute Gasteiger partial charge is 0.148 e. The lowest BCUT2D eigenvalue weighted by atomic mass is 10.1. The number of hydrogen-bond acceptors (Lipinski definition) is 4. The Balaban J connectivity index is 1.48. The average molecular weight is 444 g/mol. The fourth-order valence-electron chi connectivity index (χ4n) is 3.11. The van der Waals surface area contributed by atoms with Crippen LogP contribution < -0.4 is 10.1 Å². The second kappa shape index (κ2) is 11.8. The number of rotatable bonds is 11. The number of nitrogens with one attached hydrogen (secondary N) is 1. The maximum atomic E-state index is 6.50. The molecular formula is C24H27Cl2N3O. The predicted molar refractivity (Wildman–Crippen MR) is 125 cm³/mol. The topological polar surface area (TPSA) is 47.0 Å². The minimum atomic E-state index is 0.640. The molecular weight excluding hydrogens is 417 g/mol. The summed E-state index contributed by atoms with van der Waals surface area (Å²) in [7, 11) is 0. The molecule has 0 saturated carbocycles. The third kappa shape index (κ3) is 6.89. The molecule has 1 aromatic heterocycles. The van der Waals surface area contributed by atoms with Crippen LogP contribution in [-0.2, 0) is 12.8 Å². The molecule has 3 aromatic rings. The summed E-state index contributed by atoms with van der Waals surface area (Å²) in [5, 5.41) is 4.67. The van der Waals surface area contributed by atoms with Crippen LogP contribution in [-0.4, -0.2) is 16.5 Å². The summed E-state index contributed by atoms with van der Waals surface area (Å²) < 4.78 is 5.83. The molecule has 0 amide bonds. The Labute approximate surface area is 188 Å². The highest BCUT2D eigenvalue weighted by Crippen LogP contribution is 2.25. The van der Waals surface area contributed by atoms with Gasteiger partial charge in [-0.25, -0.2) is 9.97 Å². The fourth-order valence-corrected chi connectivity index (χ4v) is 3.50. The van der Waals surface area contributed by atoms with Gasteiger partial charge in [-0.1, -0.05) is 61.5 Å². The van der Waals surface area contributed by atoms with E-state index >= 15 is 0 Å². The van der Waals surface area contributed by atoms with E-state index in [2.05, 4.69) is 34.3 Å². The van der Waals surface area contributed by atoms with Gasteiger partial charge in [0.25, 0.3) is 0 Å². The monoisotopic (exact) mass is 443 g/mol. The SMILES string of the molecule is CCCCCCc1ncnc(NCCc2ccc(Oc3ccc(Cl)cc3)cc2)c1Cl. The first-order chi connectivity index (χ1) is 14.7. The number of nitrogens with zero attached hydrogens (tertiary/aromatic N) is 2. The van der Waals surface area contributed by atoms with Gasteiger partial charge in [0.1, 0.15) is 28.7 Å². The molecule has 30 heavy (non-hydrogen) atoms. The first-order valence-corrected chi connectivity index (χ1v) is 11.2. The van der Waals surface area contributed by atoms with E-state index < -0.39 is 0 Å². The van der Waals surface area contributed by atoms with Crippen LogP contribution in [0.25, 0.3) is 0 Å². The molecule has 0 aliphatic carbocycles. The van der Waals surface area contributed by atoms with Crippen molar-refractivity contribution in [1.29, 1.82) is 0 Å². The lowest BCUT2D eigenvalue weighted by molar-refractivity contribution is 0.482. The molecule has 0 radical (unpaired) electrons. The van der Waals surface area contributed by atoms with Crippen LogP contribution in [0.1, 0.15) is 43.9 Å². The maximum absolute atomic E-state index is 6.50. The number of benzene rings is 2. The molecule has 0 aliphatic heterocycles. The molecule has 0 fully saturated rings. The van der Waals surface area contributed by atoms with Crippen LogP contribution in [0.15, 0.2) is 54.9 Å². The summed E-state index contributed by atoms with van der Waals surface area (Å²) in [4.78, 5) is 8.65. The highest BCUT2D eigenvalue weighted by molar-refractivity contribution is 6.33. The van der Waals surface area contributed by atoms with Crippen molar-refractivity contribution in [2.24, 2.45) is 0 Å². The van der Waals surface area contributed by atoms with Gasteiger partial charge < -0.3 is 10.1 Å². The third-order valence-corrected chi connectivity index (χ3v) is 5.46. The molecule has 4 nitrogen and oxygen atoms in total. The van der Waals surface area contributed by atoms with Gasteiger partial charge in [0.15, 0.2) is 0 Å². The first-order valence-electron chi connectivity index (χ1n) is 10.4. The molecule has 1 heterocycles. The van der Waals surface area contributed by atoms with Crippen molar-refractivity contribution in [2.75, 3.05) is 11.9 Å². The van der Waals surface area contributed by atoms with E-state index in [4.69, 9.17) is 27.9 Å². The van der Waals surface area contributed by atoms with E-state index in [1.165, 1.54) is 24.8 Å². The van der Waals surface area contributed by atoms with Gasteiger partial charge in [0, 0.05) is 11.6 Å². The van der Waals surface area contributed by atoms with E-state index in [-0.39, 0.29) is 0 Å². The van der Waals surface area contributed by atoms with Gasteiger partial charge in [0.2, 0.25) is 0 Å². The maximum Gasteiger partial charge on any atom is 0.148 e. The van der Waals surface area contributed by atoms with Crippen molar-refractivity contribution in [3.8, 4) is 11.5 Å². The van der Waals surface area contributed by atoms with Gasteiger partial charge in [-0.15, -0.1) is 0 Å². The molecule has 0 atom stereocenters. The molecule has 158 valence electrons. The zero-order valence-electron chi connectivity index (χ0n) is 17.2. The van der Waals surface area contributed by atoms with Gasteiger partial charge in [-0.2, -0.15) is 0 Å². The lowest BCUT2D eigenvalue weighted by Gasteiger charge is -2.11. The predicted octanol–water partition coefficient (Wildman–Crippen LogP) is 7.35. The third-order valence-electron chi connectivity index (χ3n) is 4.81. The molecule has 0 unspecified atom stereocenters. The number of unbranched alkanes of at least 4 members (excludes halogenated alkanes) is 3. The van der Waals surface area contributed by atoms with E-state index in [1.807, 2.05) is 36.4 Å². The van der Waals surface area contributed by atoms with Crippen LogP contribution in [0.4, 0.5) is 5.82 Å². The standard InChI is InChI=1S/C24H27Cl2N3O/c1-2-3-4-5-6-22-23(26)24(29-17-28-22)27-16-15-18-7-11-20(12-8-18)30-21-13-9-19(25)10-14-21/h7-14,17H,2-6,15-16H2,1H3,(H,27,28,29). The van der Waals surface area contributed by atoms with Crippen molar-refractivity contribution in [2.45, 2.75) is 45.4 Å². The number of ether oxygens (including phenoxy) is 1. The second-order valence-corrected chi connectivity index (χ2v) is 7.98. The molecule has 2 aromatic carbocycles. The summed E-state index contributed by atoms with van der Waals surface area (Å²) in [5.41, 5.74) is 2.13. The fraction of sp³-hybridized carbons (Fsp3) is 0.333. The van der Waals surface area contributed by atoms with Gasteiger partial charge >= 0.3 is 0 Å². The number of halogens is 2. The van der Waals surface area contributed by atoms with Gasteiger partial charge in [-0.3, -0.25) is 0 Å². The molecule has 0 saturated heterocycles. The van der Waals surface area contributed by atoms with Crippen LogP contribution in [0, 0.1) is 0 Å². The summed E-state index contributed by atoms with van der Waals surface area (Å²) in [5.74, 6) is 2.26. The van der Waals surface area contributed by atoms with E-state index in [0.717, 1.165) is 43.0 Å². The molecule has 3 rings (SSSR count). The highest BCUT2D eigenvalue weighted by Gasteiger charge is 2.09. The molecule has 0 bridgehead atoms. The van der Waals surface area contributed by atoms with Gasteiger partial charge in [-0.05, 0) is 61.2 Å². The molecule has 0 aliphatic rings. The minimum Gasteiger partial charge on any atom is -0.457 e. The lowest BCUT2D eigenvalue weighted by Crippen LogP contribution is -2.08. The Bertz CT molecular complexity index is 915. The van der Waals surface area contributed by atoms with Crippen LogP contribution >= 0.6 is 23.2 Å². The largest absolute Gasteiger partial charge is 0.457 e. The highest BCUT2D eigenvalue weighted by atomic mass is 35.5. The van der Waals surface area contributed by atoms with Gasteiger partial charge in [0.05, 0.1) is 5.69 Å². The summed E-state index contributed by atoms with van der Waals surface area (Å²) in [6.45, 7) is 2.95. The number of hydrogen-bond donors (Lipinski definition) is 1. The van der Waals surface area contributed by atoms with Crippen molar-refractivity contribution in [3.05, 3.63) is 76.2 Å². The van der Waals surface area contributed by atoms with Crippen LogP contribution in [0.5, 0.6) is 11.5 Å². The quantitative estimate of drug-likeness (QED) is 0.314. The summed E-state index contributed by atoms with van der Waals surface area (Å²) in [6.07, 6.45) is 8.12. The Kier molecular flexibility index (Phi) is 8.79. The molecule has 0 spiro atoms. The summed E-state index contributed by atoms with van der Waals surface area (Å²) in [6, 6.07) is 15.4. The second-order valence-electron chi connectivity index (χ2n) is 7.17. The van der Waals surface area contributed by atoms with Crippen LogP contribution in [0.2, 0.25) is 10.0 Å². The Hall–Kier alpha value is -2.30. The number of aromatic nitrogens is 2. The molecule has 6 heteroatoms. The van der Waals surface area contributed by atoms with Crippen molar-refractivity contribution in [1.82, 2.24) is 9.97 Å². The molecule has 1 N–H and O–H groups in total. The number of aryl methyl sites for hydroxylation is 1. The van der Waals surface area contributed by atoms with E-state index in [9.17, 15) is 0 Å². The Morgan fingerprint density at radius 3 is 2.23 bits per heavy atom. The normalized spacial score (nSPS) is 10.8.